The summed E-state index contributed by atoms with van der Waals surface area (Å²) in [4.78, 5) is 2.37. The minimum Gasteiger partial charge on any atom is -0.364 e. The van der Waals surface area contributed by atoms with Crippen molar-refractivity contribution in [2.45, 2.75) is 31.9 Å². The zero-order valence-corrected chi connectivity index (χ0v) is 14.2. The van der Waals surface area contributed by atoms with Crippen LogP contribution < -0.4 is 0 Å². The second-order valence-corrected chi connectivity index (χ2v) is 6.21. The summed E-state index contributed by atoms with van der Waals surface area (Å²) in [6.07, 6.45) is 3.35. The largest absolute Gasteiger partial charge is 0.364 e. The molecule has 0 amide bonds. The van der Waals surface area contributed by atoms with Crippen molar-refractivity contribution in [2.24, 2.45) is 11.3 Å². The Morgan fingerprint density at radius 1 is 1.53 bits per heavy atom. The monoisotopic (exact) mass is 302 g/mol. The Kier molecular flexibility index (Phi) is 6.39. The average Bonchev–Trinajstić information content (AvgIpc) is 2.07. The van der Waals surface area contributed by atoms with E-state index in [-0.39, 0.29) is 42.9 Å². The standard InChI is InChI=1S/C12H23NS.Y/c1-6-11(3)9-13(5)8-10(2)7-12(11,4)14;/h6,10,14H,3,7-9H2,1-2,4-5H3;/q-2;. The van der Waals surface area contributed by atoms with Crippen LogP contribution in [0.5, 0.6) is 0 Å². The summed E-state index contributed by atoms with van der Waals surface area (Å²) in [7, 11) is 2.18. The van der Waals surface area contributed by atoms with Gasteiger partial charge < -0.3 is 18.2 Å². The van der Waals surface area contributed by atoms with E-state index in [1.807, 2.05) is 0 Å². The molecule has 1 fully saturated rings. The van der Waals surface area contributed by atoms with E-state index in [0.717, 1.165) is 19.5 Å². The molecular formula is C12H23NSY-2. The van der Waals surface area contributed by atoms with Crippen molar-refractivity contribution in [3.8, 4) is 0 Å². The molecule has 0 aromatic rings. The van der Waals surface area contributed by atoms with Crippen LogP contribution in [0.4, 0.5) is 0 Å². The van der Waals surface area contributed by atoms with Gasteiger partial charge in [0.15, 0.2) is 0 Å². The van der Waals surface area contributed by atoms with Gasteiger partial charge in [0.2, 0.25) is 0 Å². The van der Waals surface area contributed by atoms with Crippen molar-refractivity contribution in [1.82, 2.24) is 4.90 Å². The van der Waals surface area contributed by atoms with E-state index >= 15 is 0 Å². The number of rotatable bonds is 1. The van der Waals surface area contributed by atoms with Gasteiger partial charge in [-0.05, 0) is 30.7 Å². The molecule has 1 radical (unpaired) electrons. The van der Waals surface area contributed by atoms with Crippen LogP contribution in [0.25, 0.3) is 0 Å². The second-order valence-electron chi connectivity index (χ2n) is 5.22. The Bertz CT molecular complexity index is 208. The Morgan fingerprint density at radius 3 is 2.53 bits per heavy atom. The quantitative estimate of drug-likeness (QED) is 0.576. The smallest absolute Gasteiger partial charge is 0.000262 e. The SMILES string of the molecule is [CH2-]C1([CH-]C)CN(C)CC(C)CC1(C)S.[Y]. The van der Waals surface area contributed by atoms with Crippen LogP contribution in [0.2, 0.25) is 0 Å². The van der Waals surface area contributed by atoms with Gasteiger partial charge >= 0.3 is 0 Å². The first-order chi connectivity index (χ1) is 6.31. The third kappa shape index (κ3) is 3.69. The number of hydrogen-bond donors (Lipinski definition) is 1. The van der Waals surface area contributed by atoms with Gasteiger partial charge in [0.1, 0.15) is 0 Å². The fourth-order valence-corrected chi connectivity index (χ4v) is 3.11. The minimum atomic E-state index is -0.0321. The maximum atomic E-state index is 4.83. The number of likely N-dealkylation sites (tertiary alicyclic amines) is 1. The molecule has 1 rings (SSSR count). The van der Waals surface area contributed by atoms with Crippen LogP contribution in [0.3, 0.4) is 0 Å². The van der Waals surface area contributed by atoms with Crippen LogP contribution in [-0.2, 0) is 32.7 Å². The molecule has 3 unspecified atom stereocenters. The summed E-state index contributed by atoms with van der Waals surface area (Å²) in [6, 6.07) is 0. The zero-order chi connectivity index (χ0) is 11.0. The van der Waals surface area contributed by atoms with E-state index in [2.05, 4.69) is 46.1 Å². The predicted octanol–water partition coefficient (Wildman–Crippen LogP) is 2.69. The van der Waals surface area contributed by atoms with Crippen molar-refractivity contribution >= 4 is 12.6 Å². The maximum Gasteiger partial charge on any atom is 0.000262 e. The van der Waals surface area contributed by atoms with Crippen LogP contribution in [0.1, 0.15) is 27.2 Å². The summed E-state index contributed by atoms with van der Waals surface area (Å²) in [5, 5.41) is 0. The topological polar surface area (TPSA) is 3.24 Å². The molecule has 87 valence electrons. The molecule has 1 aliphatic rings. The molecule has 0 saturated carbocycles. The first-order valence-corrected chi connectivity index (χ1v) is 5.82. The maximum absolute atomic E-state index is 4.83. The molecule has 15 heavy (non-hydrogen) atoms. The molecule has 0 aromatic heterocycles. The predicted molar refractivity (Wildman–Crippen MR) is 66.4 cm³/mol. The van der Waals surface area contributed by atoms with Gasteiger partial charge in [-0.1, -0.05) is 13.8 Å². The number of hydrogen-bond acceptors (Lipinski definition) is 2. The average molecular weight is 302 g/mol. The van der Waals surface area contributed by atoms with E-state index < -0.39 is 0 Å². The van der Waals surface area contributed by atoms with Crippen LogP contribution in [-0.4, -0.2) is 29.8 Å². The Morgan fingerprint density at radius 2 is 2.07 bits per heavy atom. The van der Waals surface area contributed by atoms with Gasteiger partial charge in [-0.3, -0.25) is 5.41 Å². The van der Waals surface area contributed by atoms with E-state index in [1.54, 1.807) is 0 Å². The van der Waals surface area contributed by atoms with Gasteiger partial charge in [0.25, 0.3) is 0 Å². The van der Waals surface area contributed by atoms with Gasteiger partial charge in [0.05, 0.1) is 0 Å². The molecule has 1 aliphatic heterocycles. The van der Waals surface area contributed by atoms with Gasteiger partial charge in [-0.25, -0.2) is 0 Å². The fraction of sp³-hybridized carbons (Fsp3) is 0.833. The van der Waals surface area contributed by atoms with E-state index in [9.17, 15) is 0 Å². The Hall–Kier alpha value is 1.41. The third-order valence-corrected chi connectivity index (χ3v) is 4.17. The number of thiol groups is 1. The molecule has 3 atom stereocenters. The normalized spacial score (nSPS) is 43.2. The summed E-state index contributed by atoms with van der Waals surface area (Å²) in [6.45, 7) is 13.2. The van der Waals surface area contributed by atoms with Crippen LogP contribution in [0, 0.1) is 24.7 Å². The summed E-state index contributed by atoms with van der Waals surface area (Å²) in [5.41, 5.74) is -0.0321. The fourth-order valence-electron chi connectivity index (χ4n) is 2.60. The summed E-state index contributed by atoms with van der Waals surface area (Å²) >= 11 is 4.83. The minimum absolute atomic E-state index is 0. The summed E-state index contributed by atoms with van der Waals surface area (Å²) in [5.74, 6) is 0.700. The van der Waals surface area contributed by atoms with Gasteiger partial charge in [-0.2, -0.15) is 19.6 Å². The van der Waals surface area contributed by atoms with Gasteiger partial charge in [0, 0.05) is 39.3 Å². The Labute approximate surface area is 126 Å². The van der Waals surface area contributed by atoms with Crippen molar-refractivity contribution in [3.05, 3.63) is 13.3 Å². The van der Waals surface area contributed by atoms with Crippen molar-refractivity contribution < 1.29 is 32.7 Å². The molecule has 3 heteroatoms. The van der Waals surface area contributed by atoms with Crippen molar-refractivity contribution in [1.29, 1.82) is 0 Å². The first kappa shape index (κ1) is 16.4. The van der Waals surface area contributed by atoms with E-state index in [0.29, 0.717) is 5.92 Å². The molecule has 1 heterocycles. The van der Waals surface area contributed by atoms with Crippen molar-refractivity contribution in [3.63, 3.8) is 0 Å². The molecule has 0 bridgehead atoms. The molecule has 0 N–H and O–H groups in total. The molecular weight excluding hydrogens is 279 g/mol. The van der Waals surface area contributed by atoms with E-state index in [1.165, 1.54) is 0 Å². The van der Waals surface area contributed by atoms with Crippen LogP contribution in [0.15, 0.2) is 0 Å². The van der Waals surface area contributed by atoms with Crippen molar-refractivity contribution in [2.75, 3.05) is 20.1 Å². The first-order valence-electron chi connectivity index (χ1n) is 5.37. The van der Waals surface area contributed by atoms with Crippen LogP contribution >= 0.6 is 12.6 Å². The van der Waals surface area contributed by atoms with Gasteiger partial charge in [-0.15, -0.1) is 0 Å². The number of nitrogens with zero attached hydrogens (tertiary/aromatic N) is 1. The Balaban J connectivity index is 0.00000196. The molecule has 1 nitrogen and oxygen atoms in total. The molecule has 0 aromatic carbocycles. The van der Waals surface area contributed by atoms with E-state index in [4.69, 9.17) is 12.6 Å². The molecule has 0 aliphatic carbocycles. The molecule has 0 spiro atoms. The third-order valence-electron chi connectivity index (χ3n) is 3.55. The second kappa shape index (κ2) is 5.84. The molecule has 1 saturated heterocycles. The summed E-state index contributed by atoms with van der Waals surface area (Å²) < 4.78 is 0.00588. The zero-order valence-electron chi connectivity index (χ0n) is 10.5.